The summed E-state index contributed by atoms with van der Waals surface area (Å²) in [4.78, 5) is 19.3. The summed E-state index contributed by atoms with van der Waals surface area (Å²) in [5.74, 6) is 0.790. The van der Waals surface area contributed by atoms with E-state index in [0.29, 0.717) is 13.1 Å². The maximum absolute atomic E-state index is 12.1. The molecular formula is C15H24N6OS. The molecule has 0 aliphatic carbocycles. The Balaban J connectivity index is 1.74. The zero-order chi connectivity index (χ0) is 16.8. The Kier molecular flexibility index (Phi) is 6.09. The lowest BCUT2D eigenvalue weighted by molar-refractivity contribution is 0.204. The van der Waals surface area contributed by atoms with Gasteiger partial charge in [0.2, 0.25) is 0 Å². The molecule has 0 bridgehead atoms. The van der Waals surface area contributed by atoms with Crippen LogP contribution in [0.2, 0.25) is 0 Å². The average Bonchev–Trinajstić information content (AvgIpc) is 3.12. The smallest absolute Gasteiger partial charge is 0.317 e. The van der Waals surface area contributed by atoms with Gasteiger partial charge in [-0.05, 0) is 33.6 Å². The van der Waals surface area contributed by atoms with E-state index >= 15 is 0 Å². The Morgan fingerprint density at radius 3 is 2.91 bits per heavy atom. The predicted molar refractivity (Wildman–Crippen MR) is 90.4 cm³/mol. The molecule has 126 valence electrons. The van der Waals surface area contributed by atoms with Crippen molar-refractivity contribution in [1.29, 1.82) is 0 Å². The Hall–Kier alpha value is -1.96. The first-order valence-corrected chi connectivity index (χ1v) is 8.63. The van der Waals surface area contributed by atoms with E-state index in [4.69, 9.17) is 0 Å². The number of aryl methyl sites for hydroxylation is 2. The molecule has 0 radical (unpaired) electrons. The van der Waals surface area contributed by atoms with Crippen LogP contribution in [0.4, 0.5) is 4.79 Å². The molecule has 7 nitrogen and oxygen atoms in total. The van der Waals surface area contributed by atoms with E-state index in [2.05, 4.69) is 34.3 Å². The molecule has 8 heteroatoms. The average molecular weight is 336 g/mol. The molecule has 0 aromatic carbocycles. The lowest BCUT2D eigenvalue weighted by atomic mass is 10.2. The van der Waals surface area contributed by atoms with Crippen molar-refractivity contribution in [3.8, 4) is 0 Å². The molecule has 2 aromatic heterocycles. The van der Waals surface area contributed by atoms with Gasteiger partial charge in [0.05, 0.1) is 17.7 Å². The maximum atomic E-state index is 12.1. The zero-order valence-electron chi connectivity index (χ0n) is 14.1. The third kappa shape index (κ3) is 4.75. The molecule has 23 heavy (non-hydrogen) atoms. The number of rotatable bonds is 7. The van der Waals surface area contributed by atoms with Gasteiger partial charge in [0.1, 0.15) is 6.33 Å². The highest BCUT2D eigenvalue weighted by Crippen LogP contribution is 2.13. The molecule has 0 saturated heterocycles. The van der Waals surface area contributed by atoms with Crippen molar-refractivity contribution in [3.05, 3.63) is 28.2 Å². The molecule has 2 amide bonds. The molecule has 0 spiro atoms. The maximum Gasteiger partial charge on any atom is 0.317 e. The third-order valence-electron chi connectivity index (χ3n) is 3.63. The van der Waals surface area contributed by atoms with Gasteiger partial charge in [-0.2, -0.15) is 0 Å². The van der Waals surface area contributed by atoms with Gasteiger partial charge in [0.25, 0.3) is 0 Å². The molecule has 2 heterocycles. The van der Waals surface area contributed by atoms with Crippen molar-refractivity contribution in [3.63, 3.8) is 0 Å². The largest absolute Gasteiger partial charge is 0.338 e. The summed E-state index contributed by atoms with van der Waals surface area (Å²) in [6, 6.07) is 0.184. The first-order chi connectivity index (χ1) is 11.0. The predicted octanol–water partition coefficient (Wildman–Crippen LogP) is 2.40. The van der Waals surface area contributed by atoms with E-state index < -0.39 is 0 Å². The van der Waals surface area contributed by atoms with E-state index in [0.717, 1.165) is 24.4 Å². The second-order valence-electron chi connectivity index (χ2n) is 5.80. The minimum Gasteiger partial charge on any atom is -0.338 e. The van der Waals surface area contributed by atoms with E-state index in [1.54, 1.807) is 29.6 Å². The number of carbonyl (C=O) groups is 1. The minimum atomic E-state index is -0.0932. The van der Waals surface area contributed by atoms with Crippen LogP contribution in [0, 0.1) is 6.92 Å². The Bertz CT molecular complexity index is 635. The summed E-state index contributed by atoms with van der Waals surface area (Å²) in [6.07, 6.45) is 3.55. The van der Waals surface area contributed by atoms with Crippen molar-refractivity contribution in [2.45, 2.75) is 46.2 Å². The van der Waals surface area contributed by atoms with Gasteiger partial charge in [-0.3, -0.25) is 0 Å². The molecule has 0 aliphatic heterocycles. The molecule has 2 aromatic rings. The summed E-state index contributed by atoms with van der Waals surface area (Å²) in [7, 11) is 1.77. The molecule has 1 N–H and O–H groups in total. The van der Waals surface area contributed by atoms with Crippen LogP contribution in [0.3, 0.4) is 0 Å². The normalized spacial score (nSPS) is 11.0. The van der Waals surface area contributed by atoms with Crippen LogP contribution >= 0.6 is 11.3 Å². The van der Waals surface area contributed by atoms with Crippen LogP contribution in [-0.2, 0) is 13.0 Å². The number of amides is 2. The number of thiazole rings is 1. The lowest BCUT2D eigenvalue weighted by Crippen LogP contribution is -2.38. The van der Waals surface area contributed by atoms with Gasteiger partial charge >= 0.3 is 6.03 Å². The second-order valence-corrected chi connectivity index (χ2v) is 6.74. The van der Waals surface area contributed by atoms with Crippen molar-refractivity contribution in [2.24, 2.45) is 0 Å². The first kappa shape index (κ1) is 17.4. The number of nitrogens with zero attached hydrogens (tertiary/aromatic N) is 5. The summed E-state index contributed by atoms with van der Waals surface area (Å²) in [5, 5.41) is 10.9. The second kappa shape index (κ2) is 8.05. The van der Waals surface area contributed by atoms with Crippen molar-refractivity contribution in [2.75, 3.05) is 13.6 Å². The highest BCUT2D eigenvalue weighted by atomic mass is 32.1. The molecule has 0 fully saturated rings. The number of aromatic nitrogens is 4. The molecule has 2 rings (SSSR count). The third-order valence-corrected chi connectivity index (χ3v) is 4.63. The van der Waals surface area contributed by atoms with Crippen molar-refractivity contribution < 1.29 is 4.79 Å². The van der Waals surface area contributed by atoms with Crippen molar-refractivity contribution in [1.82, 2.24) is 30.0 Å². The Morgan fingerprint density at radius 2 is 2.26 bits per heavy atom. The zero-order valence-corrected chi connectivity index (χ0v) is 14.9. The van der Waals surface area contributed by atoms with Gasteiger partial charge in [0, 0.05) is 24.5 Å². The van der Waals surface area contributed by atoms with Gasteiger partial charge in [-0.1, -0.05) is 0 Å². The lowest BCUT2D eigenvalue weighted by Gasteiger charge is -2.19. The highest BCUT2D eigenvalue weighted by Gasteiger charge is 2.14. The molecular weight excluding hydrogens is 312 g/mol. The molecule has 0 saturated carbocycles. The van der Waals surface area contributed by atoms with E-state index in [9.17, 15) is 4.79 Å². The topological polar surface area (TPSA) is 75.9 Å². The summed E-state index contributed by atoms with van der Waals surface area (Å²) in [6.45, 7) is 7.24. The highest BCUT2D eigenvalue weighted by molar-refractivity contribution is 7.09. The Labute approximate surface area is 140 Å². The van der Waals surface area contributed by atoms with Gasteiger partial charge in [0.15, 0.2) is 5.82 Å². The van der Waals surface area contributed by atoms with Crippen LogP contribution in [0.15, 0.2) is 11.8 Å². The summed E-state index contributed by atoms with van der Waals surface area (Å²) < 4.78 is 1.97. The van der Waals surface area contributed by atoms with Gasteiger partial charge < -0.3 is 14.8 Å². The van der Waals surface area contributed by atoms with Crippen LogP contribution in [0.25, 0.3) is 0 Å². The van der Waals surface area contributed by atoms with Crippen LogP contribution in [0.5, 0.6) is 0 Å². The first-order valence-electron chi connectivity index (χ1n) is 7.75. The van der Waals surface area contributed by atoms with E-state index in [-0.39, 0.29) is 12.1 Å². The van der Waals surface area contributed by atoms with Gasteiger partial charge in [-0.15, -0.1) is 21.5 Å². The number of carbonyl (C=O) groups excluding carboxylic acids is 1. The fourth-order valence-corrected chi connectivity index (χ4v) is 3.06. The van der Waals surface area contributed by atoms with Gasteiger partial charge in [-0.25, -0.2) is 9.78 Å². The van der Waals surface area contributed by atoms with E-state index in [1.165, 1.54) is 4.88 Å². The fourth-order valence-electron chi connectivity index (χ4n) is 2.24. The number of hydrogen-bond donors (Lipinski definition) is 1. The molecule has 0 unspecified atom stereocenters. The van der Waals surface area contributed by atoms with Crippen LogP contribution in [-0.4, -0.2) is 44.3 Å². The van der Waals surface area contributed by atoms with Crippen LogP contribution in [0.1, 0.15) is 42.7 Å². The van der Waals surface area contributed by atoms with Crippen LogP contribution < -0.4 is 5.32 Å². The number of nitrogens with one attached hydrogen (secondary N) is 1. The number of hydrogen-bond acceptors (Lipinski definition) is 5. The SMILES string of the molecule is Cc1ncsc1CCCNC(=O)N(C)Cc1nncn1C(C)C. The quantitative estimate of drug-likeness (QED) is 0.788. The fraction of sp³-hybridized carbons (Fsp3) is 0.600. The number of urea groups is 1. The summed E-state index contributed by atoms with van der Waals surface area (Å²) in [5.41, 5.74) is 2.95. The molecule has 0 atom stereocenters. The Morgan fingerprint density at radius 1 is 1.48 bits per heavy atom. The van der Waals surface area contributed by atoms with Crippen molar-refractivity contribution >= 4 is 17.4 Å². The molecule has 0 aliphatic rings. The monoisotopic (exact) mass is 336 g/mol. The van der Waals surface area contributed by atoms with E-state index in [1.807, 2.05) is 17.0 Å². The summed E-state index contributed by atoms with van der Waals surface area (Å²) >= 11 is 1.67. The standard InChI is InChI=1S/C15H24N6OS/c1-11(2)21-9-18-19-14(21)8-20(4)15(22)16-7-5-6-13-12(3)17-10-23-13/h9-11H,5-8H2,1-4H3,(H,16,22). The minimum absolute atomic E-state index is 0.0932.